The molecule has 1 fully saturated rings. The Balaban J connectivity index is 2.13. The molecule has 4 nitrogen and oxygen atoms in total. The number of rotatable bonds is 2. The van der Waals surface area contributed by atoms with Crippen molar-refractivity contribution in [2.45, 2.75) is 18.9 Å². The lowest BCUT2D eigenvalue weighted by Gasteiger charge is -2.37. The number of nitrogens with zero attached hydrogens (tertiary/aromatic N) is 3. The highest BCUT2D eigenvalue weighted by Gasteiger charge is 2.31. The van der Waals surface area contributed by atoms with Crippen molar-refractivity contribution in [2.24, 2.45) is 0 Å². The lowest BCUT2D eigenvalue weighted by atomic mass is 9.98. The number of hydrogen-bond donors (Lipinski definition) is 0. The molecule has 2 rings (SSSR count). The average Bonchev–Trinajstić information content (AvgIpc) is 2.46. The van der Waals surface area contributed by atoms with E-state index < -0.39 is 0 Å². The molecule has 1 aromatic rings. The summed E-state index contributed by atoms with van der Waals surface area (Å²) < 4.78 is 0. The largest absolute Gasteiger partial charge is 0.324 e. The summed E-state index contributed by atoms with van der Waals surface area (Å²) in [6.45, 7) is 3.99. The van der Waals surface area contributed by atoms with Gasteiger partial charge in [-0.15, -0.1) is 0 Å². The molecule has 2 atom stereocenters. The van der Waals surface area contributed by atoms with E-state index in [1.54, 1.807) is 4.90 Å². The number of nitriles is 1. The number of likely N-dealkylation sites (N-methyl/N-ethyl adjacent to an activating group) is 1. The first-order valence-corrected chi connectivity index (χ1v) is 6.57. The Morgan fingerprint density at radius 1 is 1.37 bits per heavy atom. The standard InChI is InChI=1S/C15H19N3O/c1-12(13-6-4-3-5-7-13)15(19)18-9-8-17(2)11-14(18)10-16/h3-7,12,14H,8-9,11H2,1-2H3/t12-,14-/m1/s1. The van der Waals surface area contributed by atoms with E-state index in [-0.39, 0.29) is 17.9 Å². The first-order chi connectivity index (χ1) is 9.13. The van der Waals surface area contributed by atoms with E-state index in [9.17, 15) is 10.1 Å². The Labute approximate surface area is 114 Å². The van der Waals surface area contributed by atoms with Gasteiger partial charge in [0.2, 0.25) is 5.91 Å². The minimum Gasteiger partial charge on any atom is -0.324 e. The summed E-state index contributed by atoms with van der Waals surface area (Å²) in [6.07, 6.45) is 0. The smallest absolute Gasteiger partial charge is 0.230 e. The van der Waals surface area contributed by atoms with E-state index in [2.05, 4.69) is 11.0 Å². The van der Waals surface area contributed by atoms with Crippen molar-refractivity contribution in [1.29, 1.82) is 5.26 Å². The van der Waals surface area contributed by atoms with Crippen LogP contribution in [-0.4, -0.2) is 48.4 Å². The van der Waals surface area contributed by atoms with E-state index in [4.69, 9.17) is 0 Å². The first kappa shape index (κ1) is 13.6. The molecule has 0 aromatic heterocycles. The van der Waals surface area contributed by atoms with Gasteiger partial charge in [-0.25, -0.2) is 0 Å². The maximum atomic E-state index is 12.5. The van der Waals surface area contributed by atoms with Crippen LogP contribution in [0.25, 0.3) is 0 Å². The third-order valence-electron chi connectivity index (χ3n) is 3.69. The molecule has 100 valence electrons. The van der Waals surface area contributed by atoms with E-state index >= 15 is 0 Å². The summed E-state index contributed by atoms with van der Waals surface area (Å²) >= 11 is 0. The molecule has 0 unspecified atom stereocenters. The van der Waals surface area contributed by atoms with Crippen LogP contribution in [0.15, 0.2) is 30.3 Å². The van der Waals surface area contributed by atoms with Crippen LogP contribution in [0.1, 0.15) is 18.4 Å². The number of carbonyl (C=O) groups is 1. The fraction of sp³-hybridized carbons (Fsp3) is 0.467. The quantitative estimate of drug-likeness (QED) is 0.805. The van der Waals surface area contributed by atoms with Crippen molar-refractivity contribution >= 4 is 5.91 Å². The number of carbonyl (C=O) groups excluding carboxylic acids is 1. The SMILES string of the molecule is C[C@@H](C(=O)N1CCN(C)C[C@H]1C#N)c1ccccc1. The number of amides is 1. The van der Waals surface area contributed by atoms with E-state index in [1.807, 2.05) is 44.3 Å². The molecule has 0 saturated carbocycles. The molecular weight excluding hydrogens is 238 g/mol. The summed E-state index contributed by atoms with van der Waals surface area (Å²) in [4.78, 5) is 16.3. The maximum Gasteiger partial charge on any atom is 0.230 e. The predicted octanol–water partition coefficient (Wildman–Crippen LogP) is 1.46. The van der Waals surface area contributed by atoms with Crippen LogP contribution >= 0.6 is 0 Å². The van der Waals surface area contributed by atoms with Crippen molar-refractivity contribution in [3.05, 3.63) is 35.9 Å². The second-order valence-corrected chi connectivity index (χ2v) is 5.07. The third kappa shape index (κ3) is 2.94. The van der Waals surface area contributed by atoms with Gasteiger partial charge in [0.1, 0.15) is 6.04 Å². The normalized spacial score (nSPS) is 21.7. The predicted molar refractivity (Wildman–Crippen MR) is 73.5 cm³/mol. The summed E-state index contributed by atoms with van der Waals surface area (Å²) in [5.41, 5.74) is 1.00. The van der Waals surface area contributed by atoms with E-state index in [0.29, 0.717) is 13.1 Å². The third-order valence-corrected chi connectivity index (χ3v) is 3.69. The minimum absolute atomic E-state index is 0.0471. The highest BCUT2D eigenvalue weighted by Crippen LogP contribution is 2.20. The molecule has 1 saturated heterocycles. The van der Waals surface area contributed by atoms with Gasteiger partial charge < -0.3 is 9.80 Å². The van der Waals surface area contributed by atoms with Gasteiger partial charge in [0.05, 0.1) is 12.0 Å². The van der Waals surface area contributed by atoms with Gasteiger partial charge in [0, 0.05) is 19.6 Å². The molecule has 1 aliphatic rings. The van der Waals surface area contributed by atoms with Gasteiger partial charge >= 0.3 is 0 Å². The summed E-state index contributed by atoms with van der Waals surface area (Å²) in [7, 11) is 1.98. The molecule has 1 heterocycles. The van der Waals surface area contributed by atoms with Crippen LogP contribution in [0, 0.1) is 11.3 Å². The lowest BCUT2D eigenvalue weighted by molar-refractivity contribution is -0.135. The van der Waals surface area contributed by atoms with Crippen LogP contribution in [0.5, 0.6) is 0 Å². The average molecular weight is 257 g/mol. The van der Waals surface area contributed by atoms with Crippen molar-refractivity contribution in [3.8, 4) is 6.07 Å². The van der Waals surface area contributed by atoms with Gasteiger partial charge in [0.15, 0.2) is 0 Å². The monoisotopic (exact) mass is 257 g/mol. The van der Waals surface area contributed by atoms with Gasteiger partial charge in [-0.3, -0.25) is 4.79 Å². The van der Waals surface area contributed by atoms with E-state index in [1.165, 1.54) is 0 Å². The van der Waals surface area contributed by atoms with Crippen molar-refractivity contribution in [1.82, 2.24) is 9.80 Å². The Morgan fingerprint density at radius 2 is 2.05 bits per heavy atom. The van der Waals surface area contributed by atoms with Crippen molar-refractivity contribution in [2.75, 3.05) is 26.7 Å². The second-order valence-electron chi connectivity index (χ2n) is 5.07. The minimum atomic E-state index is -0.336. The molecule has 1 aromatic carbocycles. The van der Waals surface area contributed by atoms with Gasteiger partial charge in [-0.05, 0) is 19.5 Å². The molecule has 1 amide bonds. The molecule has 0 radical (unpaired) electrons. The Bertz CT molecular complexity index is 480. The van der Waals surface area contributed by atoms with Crippen LogP contribution in [-0.2, 0) is 4.79 Å². The highest BCUT2D eigenvalue weighted by molar-refractivity contribution is 5.84. The molecular formula is C15H19N3O. The van der Waals surface area contributed by atoms with Gasteiger partial charge in [-0.1, -0.05) is 30.3 Å². The van der Waals surface area contributed by atoms with Crippen LogP contribution < -0.4 is 0 Å². The van der Waals surface area contributed by atoms with Crippen LogP contribution in [0.2, 0.25) is 0 Å². The zero-order valence-corrected chi connectivity index (χ0v) is 11.4. The molecule has 0 aliphatic carbocycles. The van der Waals surface area contributed by atoms with Gasteiger partial charge in [-0.2, -0.15) is 5.26 Å². The molecule has 0 spiro atoms. The fourth-order valence-corrected chi connectivity index (χ4v) is 2.43. The summed E-state index contributed by atoms with van der Waals surface area (Å²) in [5, 5.41) is 9.21. The molecule has 1 aliphatic heterocycles. The summed E-state index contributed by atoms with van der Waals surface area (Å²) in [6, 6.07) is 11.6. The molecule has 0 N–H and O–H groups in total. The zero-order valence-electron chi connectivity index (χ0n) is 11.4. The number of benzene rings is 1. The molecule has 4 heteroatoms. The van der Waals surface area contributed by atoms with Crippen molar-refractivity contribution < 1.29 is 4.79 Å². The van der Waals surface area contributed by atoms with Gasteiger partial charge in [0.25, 0.3) is 0 Å². The second kappa shape index (κ2) is 5.85. The van der Waals surface area contributed by atoms with Crippen LogP contribution in [0.3, 0.4) is 0 Å². The Hall–Kier alpha value is -1.86. The Kier molecular flexibility index (Phi) is 4.18. The highest BCUT2D eigenvalue weighted by atomic mass is 16.2. The van der Waals surface area contributed by atoms with Crippen molar-refractivity contribution in [3.63, 3.8) is 0 Å². The number of piperazine rings is 1. The number of hydrogen-bond acceptors (Lipinski definition) is 3. The maximum absolute atomic E-state index is 12.5. The van der Waals surface area contributed by atoms with E-state index in [0.717, 1.165) is 12.1 Å². The first-order valence-electron chi connectivity index (χ1n) is 6.57. The summed E-state index contributed by atoms with van der Waals surface area (Å²) in [5.74, 6) is -0.147. The Morgan fingerprint density at radius 3 is 2.68 bits per heavy atom. The fourth-order valence-electron chi connectivity index (χ4n) is 2.43. The molecule has 0 bridgehead atoms. The molecule has 19 heavy (non-hydrogen) atoms. The zero-order chi connectivity index (χ0) is 13.8. The topological polar surface area (TPSA) is 47.3 Å². The van der Waals surface area contributed by atoms with Crippen LogP contribution in [0.4, 0.5) is 0 Å². The lowest BCUT2D eigenvalue weighted by Crippen LogP contribution is -2.54.